The number of hydrogen-bond donors (Lipinski definition) is 0. The van der Waals surface area contributed by atoms with Crippen LogP contribution >= 0.6 is 0 Å². The summed E-state index contributed by atoms with van der Waals surface area (Å²) in [5, 5.41) is 0. The van der Waals surface area contributed by atoms with E-state index >= 15 is 0 Å². The highest BCUT2D eigenvalue weighted by Gasteiger charge is 2.12. The second-order valence-electron chi connectivity index (χ2n) is 3.96. The molecule has 0 N–H and O–H groups in total. The molecular formula is C12H14F2O2. The van der Waals surface area contributed by atoms with E-state index in [9.17, 15) is 13.6 Å². The number of carbonyl (C=O) groups excluding carboxylic acids is 1. The van der Waals surface area contributed by atoms with Crippen molar-refractivity contribution in [3.63, 3.8) is 0 Å². The van der Waals surface area contributed by atoms with Crippen LogP contribution in [-0.2, 0) is 4.74 Å². The van der Waals surface area contributed by atoms with Crippen molar-refractivity contribution in [2.75, 3.05) is 13.2 Å². The Morgan fingerprint density at radius 3 is 2.69 bits per heavy atom. The van der Waals surface area contributed by atoms with Crippen molar-refractivity contribution in [1.29, 1.82) is 0 Å². The maximum atomic E-state index is 13.2. The van der Waals surface area contributed by atoms with Gasteiger partial charge in [0.15, 0.2) is 5.78 Å². The van der Waals surface area contributed by atoms with Gasteiger partial charge in [-0.1, -0.05) is 13.8 Å². The van der Waals surface area contributed by atoms with Crippen LogP contribution in [0.15, 0.2) is 18.2 Å². The Morgan fingerprint density at radius 2 is 2.06 bits per heavy atom. The van der Waals surface area contributed by atoms with Gasteiger partial charge in [-0.05, 0) is 24.1 Å². The van der Waals surface area contributed by atoms with Crippen LogP contribution in [0.25, 0.3) is 0 Å². The summed E-state index contributed by atoms with van der Waals surface area (Å²) < 4.78 is 31.0. The van der Waals surface area contributed by atoms with Gasteiger partial charge in [-0.15, -0.1) is 0 Å². The van der Waals surface area contributed by atoms with Gasteiger partial charge in [0.25, 0.3) is 0 Å². The van der Waals surface area contributed by atoms with Gasteiger partial charge in [0.1, 0.15) is 18.2 Å². The van der Waals surface area contributed by atoms with Crippen LogP contribution in [-0.4, -0.2) is 19.0 Å². The van der Waals surface area contributed by atoms with Crippen molar-refractivity contribution < 1.29 is 18.3 Å². The van der Waals surface area contributed by atoms with Gasteiger partial charge in [0, 0.05) is 6.61 Å². The number of carbonyl (C=O) groups is 1. The maximum absolute atomic E-state index is 13.2. The van der Waals surface area contributed by atoms with E-state index in [1.165, 1.54) is 0 Å². The largest absolute Gasteiger partial charge is 0.373 e. The zero-order chi connectivity index (χ0) is 12.1. The third kappa shape index (κ3) is 3.70. The van der Waals surface area contributed by atoms with E-state index in [4.69, 9.17) is 4.74 Å². The summed E-state index contributed by atoms with van der Waals surface area (Å²) in [5.41, 5.74) is -0.260. The number of Topliss-reactive ketones (excluding diaryl/α,β-unsaturated/α-hetero) is 1. The van der Waals surface area contributed by atoms with E-state index in [0.717, 1.165) is 18.2 Å². The first kappa shape index (κ1) is 12.8. The van der Waals surface area contributed by atoms with Gasteiger partial charge in [-0.25, -0.2) is 8.78 Å². The van der Waals surface area contributed by atoms with E-state index in [2.05, 4.69) is 0 Å². The zero-order valence-corrected chi connectivity index (χ0v) is 9.30. The number of benzene rings is 1. The minimum Gasteiger partial charge on any atom is -0.373 e. The molecule has 1 rings (SSSR count). The van der Waals surface area contributed by atoms with Gasteiger partial charge in [-0.2, -0.15) is 0 Å². The average molecular weight is 228 g/mol. The molecule has 0 saturated carbocycles. The molecule has 2 nitrogen and oxygen atoms in total. The fourth-order valence-corrected chi connectivity index (χ4v) is 1.18. The van der Waals surface area contributed by atoms with E-state index < -0.39 is 17.4 Å². The second-order valence-corrected chi connectivity index (χ2v) is 3.96. The monoisotopic (exact) mass is 228 g/mol. The molecule has 4 heteroatoms. The van der Waals surface area contributed by atoms with Crippen molar-refractivity contribution >= 4 is 5.78 Å². The standard InChI is InChI=1S/C12H14F2O2/c1-8(2)6-16-7-12(15)10-5-9(13)3-4-11(10)14/h3-5,8H,6-7H2,1-2H3. The molecule has 0 spiro atoms. The molecule has 0 aromatic heterocycles. The van der Waals surface area contributed by atoms with E-state index in [1.54, 1.807) is 0 Å². The minimum atomic E-state index is -0.723. The molecule has 0 saturated heterocycles. The molecule has 0 amide bonds. The maximum Gasteiger partial charge on any atom is 0.191 e. The number of halogens is 2. The highest BCUT2D eigenvalue weighted by Crippen LogP contribution is 2.10. The number of ketones is 1. The summed E-state index contributed by atoms with van der Waals surface area (Å²) in [5.74, 6) is -1.60. The quantitative estimate of drug-likeness (QED) is 0.724. The third-order valence-corrected chi connectivity index (χ3v) is 1.91. The lowest BCUT2D eigenvalue weighted by Gasteiger charge is -2.06. The Hall–Kier alpha value is -1.29. The van der Waals surface area contributed by atoms with Crippen LogP contribution in [0, 0.1) is 17.6 Å². The summed E-state index contributed by atoms with van der Waals surface area (Å²) in [6.07, 6.45) is 0. The predicted octanol–water partition coefficient (Wildman–Crippen LogP) is 2.82. The number of rotatable bonds is 5. The van der Waals surface area contributed by atoms with Crippen molar-refractivity contribution in [3.8, 4) is 0 Å². The first-order valence-corrected chi connectivity index (χ1v) is 5.06. The summed E-state index contributed by atoms with van der Waals surface area (Å²) in [6.45, 7) is 4.07. The average Bonchev–Trinajstić information content (AvgIpc) is 2.21. The first-order chi connectivity index (χ1) is 7.50. The van der Waals surface area contributed by atoms with E-state index in [1.807, 2.05) is 13.8 Å². The van der Waals surface area contributed by atoms with Crippen LogP contribution in [0.5, 0.6) is 0 Å². The van der Waals surface area contributed by atoms with Crippen LogP contribution < -0.4 is 0 Å². The fraction of sp³-hybridized carbons (Fsp3) is 0.417. The molecule has 0 radical (unpaired) electrons. The second kappa shape index (κ2) is 5.70. The van der Waals surface area contributed by atoms with Crippen molar-refractivity contribution in [2.24, 2.45) is 5.92 Å². The molecule has 0 fully saturated rings. The van der Waals surface area contributed by atoms with E-state index in [-0.39, 0.29) is 12.2 Å². The molecule has 0 unspecified atom stereocenters. The Kier molecular flexibility index (Phi) is 4.55. The zero-order valence-electron chi connectivity index (χ0n) is 9.30. The van der Waals surface area contributed by atoms with Crippen LogP contribution in [0.4, 0.5) is 8.78 Å². The Labute approximate surface area is 93.2 Å². The summed E-state index contributed by atoms with van der Waals surface area (Å²) >= 11 is 0. The molecule has 0 atom stereocenters. The Morgan fingerprint density at radius 1 is 1.38 bits per heavy atom. The van der Waals surface area contributed by atoms with Gasteiger partial charge in [-0.3, -0.25) is 4.79 Å². The molecule has 1 aromatic rings. The molecular weight excluding hydrogens is 214 g/mol. The molecule has 16 heavy (non-hydrogen) atoms. The molecule has 0 aliphatic heterocycles. The summed E-state index contributed by atoms with van der Waals surface area (Å²) in [7, 11) is 0. The first-order valence-electron chi connectivity index (χ1n) is 5.06. The highest BCUT2D eigenvalue weighted by molar-refractivity contribution is 5.97. The topological polar surface area (TPSA) is 26.3 Å². The predicted molar refractivity (Wildman–Crippen MR) is 56.3 cm³/mol. The molecule has 88 valence electrons. The molecule has 0 aliphatic rings. The van der Waals surface area contributed by atoms with Gasteiger partial charge >= 0.3 is 0 Å². The van der Waals surface area contributed by atoms with Crippen LogP contribution in [0.3, 0.4) is 0 Å². The SMILES string of the molecule is CC(C)COCC(=O)c1cc(F)ccc1F. The summed E-state index contributed by atoms with van der Waals surface area (Å²) in [4.78, 5) is 11.5. The smallest absolute Gasteiger partial charge is 0.191 e. The fourth-order valence-electron chi connectivity index (χ4n) is 1.18. The normalized spacial score (nSPS) is 10.8. The van der Waals surface area contributed by atoms with E-state index in [0.29, 0.717) is 12.5 Å². The molecule has 0 aliphatic carbocycles. The van der Waals surface area contributed by atoms with Crippen molar-refractivity contribution in [2.45, 2.75) is 13.8 Å². The molecule has 0 bridgehead atoms. The lowest BCUT2D eigenvalue weighted by Crippen LogP contribution is -2.13. The van der Waals surface area contributed by atoms with Crippen LogP contribution in [0.1, 0.15) is 24.2 Å². The third-order valence-electron chi connectivity index (χ3n) is 1.91. The Balaban J connectivity index is 2.62. The summed E-state index contributed by atoms with van der Waals surface area (Å²) in [6, 6.07) is 2.79. The van der Waals surface area contributed by atoms with Gasteiger partial charge < -0.3 is 4.74 Å². The van der Waals surface area contributed by atoms with Crippen LogP contribution in [0.2, 0.25) is 0 Å². The van der Waals surface area contributed by atoms with Gasteiger partial charge in [0.05, 0.1) is 5.56 Å². The lowest BCUT2D eigenvalue weighted by molar-refractivity contribution is 0.0701. The lowest BCUT2D eigenvalue weighted by atomic mass is 10.1. The van der Waals surface area contributed by atoms with Gasteiger partial charge in [0.2, 0.25) is 0 Å². The van der Waals surface area contributed by atoms with Crippen molar-refractivity contribution in [3.05, 3.63) is 35.4 Å². The number of ether oxygens (including phenoxy) is 1. The minimum absolute atomic E-state index is 0.224. The Bertz CT molecular complexity index is 375. The highest BCUT2D eigenvalue weighted by atomic mass is 19.1. The molecule has 0 heterocycles. The van der Waals surface area contributed by atoms with Crippen molar-refractivity contribution in [1.82, 2.24) is 0 Å². The number of hydrogen-bond acceptors (Lipinski definition) is 2. The molecule has 1 aromatic carbocycles.